The molecule has 0 radical (unpaired) electrons. The molecule has 2 unspecified atom stereocenters. The lowest BCUT2D eigenvalue weighted by atomic mass is 9.83. The van der Waals surface area contributed by atoms with Gasteiger partial charge in [-0.05, 0) is 17.9 Å². The Balaban J connectivity index is 2.19. The van der Waals surface area contributed by atoms with Gasteiger partial charge in [-0.2, -0.15) is 0 Å². The third-order valence-corrected chi connectivity index (χ3v) is 5.15. The van der Waals surface area contributed by atoms with Gasteiger partial charge < -0.3 is 30.4 Å². The molecule has 0 spiro atoms. The fraction of sp³-hybridized carbons (Fsp3) is 0.579. The molecule has 3 amide bonds. The molecule has 10 heteroatoms. The van der Waals surface area contributed by atoms with Crippen LogP contribution >= 0.6 is 0 Å². The first-order chi connectivity index (χ1) is 13.6. The van der Waals surface area contributed by atoms with E-state index in [4.69, 9.17) is 15.2 Å². The number of nitrogens with zero attached hydrogens (tertiary/aromatic N) is 1. The van der Waals surface area contributed by atoms with E-state index in [0.29, 0.717) is 12.2 Å². The third kappa shape index (κ3) is 5.57. The predicted octanol–water partition coefficient (Wildman–Crippen LogP) is 0.578. The Morgan fingerprint density at radius 2 is 2.14 bits per heavy atom. The number of primary amides is 1. The van der Waals surface area contributed by atoms with Gasteiger partial charge in [0.05, 0.1) is 0 Å². The van der Waals surface area contributed by atoms with Gasteiger partial charge in [0.25, 0.3) is 0 Å². The molecule has 10 nitrogen and oxygen atoms in total. The maximum absolute atomic E-state index is 13.2. The average Bonchev–Trinajstić information content (AvgIpc) is 3.29. The van der Waals surface area contributed by atoms with Crippen LogP contribution in [0.1, 0.15) is 33.6 Å². The average molecular weight is 408 g/mol. The van der Waals surface area contributed by atoms with Crippen LogP contribution in [0.4, 0.5) is 4.79 Å². The quantitative estimate of drug-likeness (QED) is 0.574. The normalized spacial score (nSPS) is 20.2. The van der Waals surface area contributed by atoms with Gasteiger partial charge in [-0.25, -0.2) is 4.79 Å². The second kappa shape index (κ2) is 9.08. The van der Waals surface area contributed by atoms with Crippen LogP contribution in [-0.2, 0) is 19.1 Å². The Morgan fingerprint density at radius 3 is 2.69 bits per heavy atom. The maximum atomic E-state index is 13.2. The van der Waals surface area contributed by atoms with Gasteiger partial charge in [0.2, 0.25) is 11.8 Å². The molecule has 3 atom stereocenters. The molecule has 1 aromatic heterocycles. The Hall–Kier alpha value is -2.88. The Morgan fingerprint density at radius 1 is 1.45 bits per heavy atom. The number of likely N-dealkylation sites (N-methyl/N-ethyl adjacent to an activating group) is 1. The lowest BCUT2D eigenvalue weighted by molar-refractivity contribution is -0.141. The van der Waals surface area contributed by atoms with Crippen LogP contribution in [0.5, 0.6) is 5.75 Å². The third-order valence-electron chi connectivity index (χ3n) is 5.15. The molecular weight excluding hydrogens is 380 g/mol. The summed E-state index contributed by atoms with van der Waals surface area (Å²) in [5, 5.41) is 2.57. The molecule has 4 N–H and O–H groups in total. The van der Waals surface area contributed by atoms with Crippen molar-refractivity contribution in [1.82, 2.24) is 15.2 Å². The number of nitrogens with one attached hydrogen (secondary N) is 2. The monoisotopic (exact) mass is 408 g/mol. The van der Waals surface area contributed by atoms with E-state index in [1.807, 2.05) is 20.8 Å². The molecule has 1 fully saturated rings. The van der Waals surface area contributed by atoms with E-state index in [2.05, 4.69) is 10.3 Å². The number of nitrogens with two attached hydrogens (primary N) is 1. The van der Waals surface area contributed by atoms with Gasteiger partial charge in [-0.1, -0.05) is 27.2 Å². The Kier molecular flexibility index (Phi) is 7.02. The fourth-order valence-electron chi connectivity index (χ4n) is 3.10. The van der Waals surface area contributed by atoms with Crippen LogP contribution in [-0.4, -0.2) is 65.4 Å². The molecule has 160 valence electrons. The zero-order valence-corrected chi connectivity index (χ0v) is 17.1. The van der Waals surface area contributed by atoms with E-state index in [9.17, 15) is 19.2 Å². The van der Waals surface area contributed by atoms with E-state index >= 15 is 0 Å². The number of H-pyrrole nitrogens is 1. The van der Waals surface area contributed by atoms with Crippen molar-refractivity contribution in [3.8, 4) is 5.75 Å². The summed E-state index contributed by atoms with van der Waals surface area (Å²) < 4.78 is 10.3. The number of hydrogen-bond donors (Lipinski definition) is 3. The highest BCUT2D eigenvalue weighted by molar-refractivity contribution is 5.99. The number of amides is 3. The number of carbonyl (C=O) groups excluding carboxylic acids is 4. The van der Waals surface area contributed by atoms with Gasteiger partial charge in [-0.15, -0.1) is 0 Å². The fourth-order valence-corrected chi connectivity index (χ4v) is 3.10. The van der Waals surface area contributed by atoms with E-state index in [1.54, 1.807) is 12.3 Å². The molecule has 1 aliphatic rings. The van der Waals surface area contributed by atoms with E-state index < -0.39 is 41.9 Å². The number of aromatic nitrogens is 1. The van der Waals surface area contributed by atoms with Gasteiger partial charge in [0, 0.05) is 19.4 Å². The van der Waals surface area contributed by atoms with Crippen LogP contribution in [0.25, 0.3) is 0 Å². The molecule has 29 heavy (non-hydrogen) atoms. The van der Waals surface area contributed by atoms with E-state index in [1.165, 1.54) is 13.2 Å². The minimum atomic E-state index is -1.22. The number of rotatable bonds is 8. The van der Waals surface area contributed by atoms with E-state index in [0.717, 1.165) is 11.3 Å². The van der Waals surface area contributed by atoms with Crippen molar-refractivity contribution >= 4 is 23.7 Å². The summed E-state index contributed by atoms with van der Waals surface area (Å²) in [6.07, 6.45) is 2.12. The van der Waals surface area contributed by atoms with Crippen molar-refractivity contribution in [2.24, 2.45) is 11.1 Å². The minimum absolute atomic E-state index is 0.276. The molecule has 1 saturated heterocycles. The highest BCUT2D eigenvalue weighted by atomic mass is 16.6. The number of Topliss-reactive ketones (excluding diaryl/α,β-unsaturated/α-hetero) is 1. The standard InChI is InChI=1S/C19H28N4O6/c1-5-19(2,3)8-12(22-18(27)29-11-6-7-21-9-11)17(26)23(4)14-13(24)10-28-15(14)16(20)25/h6-7,9,12,14-15,21H,5,8,10H2,1-4H3,(H2,20,25)(H,22,27)/t12-,14?,15?/m0/s1. The second-order valence-corrected chi connectivity index (χ2v) is 7.85. The van der Waals surface area contributed by atoms with Crippen molar-refractivity contribution in [1.29, 1.82) is 0 Å². The molecule has 0 bridgehead atoms. The highest BCUT2D eigenvalue weighted by Gasteiger charge is 2.45. The van der Waals surface area contributed by atoms with Crippen LogP contribution in [0.3, 0.4) is 0 Å². The summed E-state index contributed by atoms with van der Waals surface area (Å²) >= 11 is 0. The predicted molar refractivity (Wildman–Crippen MR) is 103 cm³/mol. The molecule has 0 saturated carbocycles. The minimum Gasteiger partial charge on any atom is -0.409 e. The number of hydrogen-bond acceptors (Lipinski definition) is 6. The van der Waals surface area contributed by atoms with Crippen LogP contribution < -0.4 is 15.8 Å². The lowest BCUT2D eigenvalue weighted by Gasteiger charge is -2.33. The first kappa shape index (κ1) is 22.4. The smallest absolute Gasteiger partial charge is 0.409 e. The second-order valence-electron chi connectivity index (χ2n) is 7.85. The SMILES string of the molecule is CCC(C)(C)C[C@H](NC(=O)Oc1cc[nH]c1)C(=O)N(C)C1C(=O)COC1C(N)=O. The van der Waals surface area contributed by atoms with Gasteiger partial charge in [-0.3, -0.25) is 14.4 Å². The first-order valence-corrected chi connectivity index (χ1v) is 9.37. The number of aromatic amines is 1. The molecule has 0 aliphatic carbocycles. The largest absolute Gasteiger partial charge is 0.413 e. The van der Waals surface area contributed by atoms with Gasteiger partial charge in [0.15, 0.2) is 11.9 Å². The molecule has 2 rings (SSSR count). The van der Waals surface area contributed by atoms with Gasteiger partial charge in [0.1, 0.15) is 24.4 Å². The van der Waals surface area contributed by atoms with Crippen LogP contribution in [0.15, 0.2) is 18.5 Å². The van der Waals surface area contributed by atoms with Crippen LogP contribution in [0.2, 0.25) is 0 Å². The Labute approximate surface area is 169 Å². The molecule has 1 aliphatic heterocycles. The molecule has 2 heterocycles. The number of ether oxygens (including phenoxy) is 2. The maximum Gasteiger partial charge on any atom is 0.413 e. The van der Waals surface area contributed by atoms with Crippen molar-refractivity contribution in [3.05, 3.63) is 18.5 Å². The molecular formula is C19H28N4O6. The summed E-state index contributed by atoms with van der Waals surface area (Å²) in [4.78, 5) is 53.1. The molecule has 0 aromatic carbocycles. The first-order valence-electron chi connectivity index (χ1n) is 9.37. The van der Waals surface area contributed by atoms with Crippen molar-refractivity contribution in [3.63, 3.8) is 0 Å². The van der Waals surface area contributed by atoms with Crippen molar-refractivity contribution in [2.45, 2.75) is 51.8 Å². The topological polar surface area (TPSA) is 144 Å². The van der Waals surface area contributed by atoms with Crippen molar-refractivity contribution < 1.29 is 28.7 Å². The highest BCUT2D eigenvalue weighted by Crippen LogP contribution is 2.28. The summed E-state index contributed by atoms with van der Waals surface area (Å²) in [6.45, 7) is 5.59. The van der Waals surface area contributed by atoms with Gasteiger partial charge >= 0.3 is 6.09 Å². The number of carbonyl (C=O) groups is 4. The summed E-state index contributed by atoms with van der Waals surface area (Å²) in [5.74, 6) is -1.49. The lowest BCUT2D eigenvalue weighted by Crippen LogP contribution is -2.57. The van der Waals surface area contributed by atoms with Crippen LogP contribution in [0, 0.1) is 5.41 Å². The summed E-state index contributed by atoms with van der Waals surface area (Å²) in [5.41, 5.74) is 5.02. The summed E-state index contributed by atoms with van der Waals surface area (Å²) in [7, 11) is 1.39. The van der Waals surface area contributed by atoms with Crippen molar-refractivity contribution in [2.75, 3.05) is 13.7 Å². The molecule has 1 aromatic rings. The zero-order chi connectivity index (χ0) is 21.8. The zero-order valence-electron chi connectivity index (χ0n) is 17.1. The number of ketones is 1. The van der Waals surface area contributed by atoms with E-state index in [-0.39, 0.29) is 12.0 Å². The Bertz CT molecular complexity index is 761. The summed E-state index contributed by atoms with van der Waals surface area (Å²) in [6, 6.07) is -0.539.